The molecule has 0 spiro atoms. The van der Waals surface area contributed by atoms with Gasteiger partial charge in [0.2, 0.25) is 10.0 Å². The summed E-state index contributed by atoms with van der Waals surface area (Å²) >= 11 is 0. The van der Waals surface area contributed by atoms with E-state index in [2.05, 4.69) is 15.6 Å². The number of aliphatic imine (C=N–C) groups is 1. The summed E-state index contributed by atoms with van der Waals surface area (Å²) in [5, 5.41) is 6.45. The first-order valence-electron chi connectivity index (χ1n) is 10.0. The van der Waals surface area contributed by atoms with Gasteiger partial charge in [0.05, 0.1) is 18.0 Å². The van der Waals surface area contributed by atoms with Gasteiger partial charge in [-0.1, -0.05) is 36.4 Å². The monoisotopic (exact) mass is 432 g/mol. The molecule has 2 N–H and O–H groups in total. The molecule has 0 saturated heterocycles. The molecule has 2 aromatic carbocycles. The van der Waals surface area contributed by atoms with Gasteiger partial charge in [-0.3, -0.25) is 0 Å². The third-order valence-corrected chi connectivity index (χ3v) is 6.38. The highest BCUT2D eigenvalue weighted by Crippen LogP contribution is 2.19. The van der Waals surface area contributed by atoms with Crippen LogP contribution in [-0.4, -0.2) is 52.0 Å². The van der Waals surface area contributed by atoms with E-state index in [0.717, 1.165) is 11.3 Å². The van der Waals surface area contributed by atoms with E-state index in [1.807, 2.05) is 51.1 Å². The molecule has 164 valence electrons. The highest BCUT2D eigenvalue weighted by Gasteiger charge is 2.20. The van der Waals surface area contributed by atoms with E-state index in [-0.39, 0.29) is 17.5 Å². The Morgan fingerprint density at radius 1 is 1.10 bits per heavy atom. The summed E-state index contributed by atoms with van der Waals surface area (Å²) in [7, 11) is -0.480. The van der Waals surface area contributed by atoms with E-state index < -0.39 is 10.0 Å². The van der Waals surface area contributed by atoms with Crippen molar-refractivity contribution in [1.82, 2.24) is 14.9 Å². The minimum Gasteiger partial charge on any atom is -0.489 e. The summed E-state index contributed by atoms with van der Waals surface area (Å²) in [5.41, 5.74) is 1.73. The van der Waals surface area contributed by atoms with Gasteiger partial charge in [-0.2, -0.15) is 0 Å². The lowest BCUT2D eigenvalue weighted by Gasteiger charge is -2.19. The number of aryl methyl sites for hydroxylation is 1. The normalized spacial score (nSPS) is 13.2. The molecule has 0 bridgehead atoms. The molecule has 2 rings (SSSR count). The van der Waals surface area contributed by atoms with Crippen molar-refractivity contribution >= 4 is 16.0 Å². The molecule has 8 heteroatoms. The summed E-state index contributed by atoms with van der Waals surface area (Å²) in [6.45, 7) is 7.47. The Morgan fingerprint density at radius 3 is 2.43 bits per heavy atom. The topological polar surface area (TPSA) is 83.0 Å². The molecule has 0 radical (unpaired) electrons. The molecule has 0 aliphatic carbocycles. The van der Waals surface area contributed by atoms with Crippen LogP contribution in [0.1, 0.15) is 25.0 Å². The second kappa shape index (κ2) is 11.0. The maximum atomic E-state index is 12.6. The standard InChI is InChI=1S/C22H32N4O3S/c1-6-23-22(24-15-18(3)29-20-13-9-7-11-17(20)2)25-16-19-12-8-10-14-21(19)30(27,28)26(4)5/h7-14,18H,6,15-16H2,1-5H3,(H2,23,24,25). The van der Waals surface area contributed by atoms with Gasteiger partial charge >= 0.3 is 0 Å². The Hall–Kier alpha value is -2.58. The molecule has 0 heterocycles. The lowest BCUT2D eigenvalue weighted by Crippen LogP contribution is -2.41. The zero-order valence-corrected chi connectivity index (χ0v) is 19.2. The van der Waals surface area contributed by atoms with Crippen LogP contribution < -0.4 is 15.4 Å². The van der Waals surface area contributed by atoms with Gasteiger partial charge in [0.15, 0.2) is 5.96 Å². The number of rotatable bonds is 9. The molecule has 0 saturated carbocycles. The summed E-state index contributed by atoms with van der Waals surface area (Å²) in [6, 6.07) is 14.8. The number of guanidine groups is 1. The third-order valence-electron chi connectivity index (χ3n) is 4.46. The number of sulfonamides is 1. The Morgan fingerprint density at radius 2 is 1.77 bits per heavy atom. The summed E-state index contributed by atoms with van der Waals surface area (Å²) in [6.07, 6.45) is -0.0728. The van der Waals surface area contributed by atoms with E-state index in [4.69, 9.17) is 4.74 Å². The molecular weight excluding hydrogens is 400 g/mol. The van der Waals surface area contributed by atoms with E-state index in [1.165, 1.54) is 18.4 Å². The van der Waals surface area contributed by atoms with Crippen LogP contribution in [0.4, 0.5) is 0 Å². The Kier molecular flexibility index (Phi) is 8.68. The number of hydrogen-bond acceptors (Lipinski definition) is 4. The van der Waals surface area contributed by atoms with Crippen LogP contribution in [0, 0.1) is 6.92 Å². The van der Waals surface area contributed by atoms with E-state index in [1.54, 1.807) is 18.2 Å². The molecule has 1 atom stereocenters. The third kappa shape index (κ3) is 6.47. The van der Waals surface area contributed by atoms with Crippen molar-refractivity contribution in [2.45, 2.75) is 38.3 Å². The van der Waals surface area contributed by atoms with Crippen molar-refractivity contribution in [3.63, 3.8) is 0 Å². The zero-order valence-electron chi connectivity index (χ0n) is 18.3. The van der Waals surface area contributed by atoms with Crippen molar-refractivity contribution in [3.05, 3.63) is 59.7 Å². The number of benzene rings is 2. The molecule has 7 nitrogen and oxygen atoms in total. The predicted molar refractivity (Wildman–Crippen MR) is 121 cm³/mol. The van der Waals surface area contributed by atoms with Crippen LogP contribution >= 0.6 is 0 Å². The average Bonchev–Trinajstić information content (AvgIpc) is 2.72. The Labute approximate surface area is 180 Å². The SMILES string of the molecule is CCNC(=NCc1ccccc1S(=O)(=O)N(C)C)NCC(C)Oc1ccccc1C. The van der Waals surface area contributed by atoms with Crippen LogP contribution in [0.2, 0.25) is 0 Å². The van der Waals surface area contributed by atoms with Crippen molar-refractivity contribution < 1.29 is 13.2 Å². The first kappa shape index (κ1) is 23.7. The van der Waals surface area contributed by atoms with Gasteiger partial charge in [-0.15, -0.1) is 0 Å². The fourth-order valence-corrected chi connectivity index (χ4v) is 3.88. The predicted octanol–water partition coefficient (Wildman–Crippen LogP) is 2.77. The van der Waals surface area contributed by atoms with Crippen molar-refractivity contribution in [3.8, 4) is 5.75 Å². The second-order valence-electron chi connectivity index (χ2n) is 7.17. The van der Waals surface area contributed by atoms with Gasteiger partial charge in [0.1, 0.15) is 11.9 Å². The molecule has 0 amide bonds. The number of ether oxygens (including phenoxy) is 1. The van der Waals surface area contributed by atoms with Gasteiger partial charge in [-0.05, 0) is 44.0 Å². The smallest absolute Gasteiger partial charge is 0.242 e. The van der Waals surface area contributed by atoms with Gasteiger partial charge in [0.25, 0.3) is 0 Å². The molecule has 1 unspecified atom stereocenters. The lowest BCUT2D eigenvalue weighted by atomic mass is 10.2. The van der Waals surface area contributed by atoms with Crippen molar-refractivity contribution in [2.75, 3.05) is 27.2 Å². The highest BCUT2D eigenvalue weighted by molar-refractivity contribution is 7.89. The van der Waals surface area contributed by atoms with E-state index in [9.17, 15) is 8.42 Å². The average molecular weight is 433 g/mol. The first-order valence-corrected chi connectivity index (χ1v) is 11.4. The van der Waals surface area contributed by atoms with Gasteiger partial charge in [0, 0.05) is 20.6 Å². The lowest BCUT2D eigenvalue weighted by molar-refractivity contribution is 0.222. The minimum atomic E-state index is -3.53. The second-order valence-corrected chi connectivity index (χ2v) is 9.29. The van der Waals surface area contributed by atoms with Crippen LogP contribution in [0.15, 0.2) is 58.4 Å². The van der Waals surface area contributed by atoms with Crippen molar-refractivity contribution in [2.24, 2.45) is 4.99 Å². The zero-order chi connectivity index (χ0) is 22.1. The summed E-state index contributed by atoms with van der Waals surface area (Å²) < 4.78 is 32.3. The Balaban J connectivity index is 2.08. The molecule has 0 aliphatic heterocycles. The van der Waals surface area contributed by atoms with Crippen LogP contribution in [0.25, 0.3) is 0 Å². The molecule has 30 heavy (non-hydrogen) atoms. The number of nitrogens with zero attached hydrogens (tertiary/aromatic N) is 2. The molecule has 0 aromatic heterocycles. The first-order chi connectivity index (χ1) is 14.3. The summed E-state index contributed by atoms with van der Waals surface area (Å²) in [4.78, 5) is 4.84. The van der Waals surface area contributed by atoms with Gasteiger partial charge < -0.3 is 15.4 Å². The number of para-hydroxylation sites is 1. The van der Waals surface area contributed by atoms with Crippen LogP contribution in [0.3, 0.4) is 0 Å². The maximum absolute atomic E-state index is 12.6. The molecule has 2 aromatic rings. The largest absolute Gasteiger partial charge is 0.489 e. The summed E-state index contributed by atoms with van der Waals surface area (Å²) in [5.74, 6) is 1.46. The Bertz CT molecular complexity index is 958. The van der Waals surface area contributed by atoms with Crippen LogP contribution in [-0.2, 0) is 16.6 Å². The number of hydrogen-bond donors (Lipinski definition) is 2. The minimum absolute atomic E-state index is 0.0728. The fourth-order valence-electron chi connectivity index (χ4n) is 2.78. The molecular formula is C22H32N4O3S. The quantitative estimate of drug-likeness (QED) is 0.470. The van der Waals surface area contributed by atoms with Crippen molar-refractivity contribution in [1.29, 1.82) is 0 Å². The van der Waals surface area contributed by atoms with E-state index >= 15 is 0 Å². The maximum Gasteiger partial charge on any atom is 0.242 e. The molecule has 0 aliphatic rings. The van der Waals surface area contributed by atoms with Crippen LogP contribution in [0.5, 0.6) is 5.75 Å². The fraction of sp³-hybridized carbons (Fsp3) is 0.409. The number of nitrogens with one attached hydrogen (secondary N) is 2. The highest BCUT2D eigenvalue weighted by atomic mass is 32.2. The van der Waals surface area contributed by atoms with Gasteiger partial charge in [-0.25, -0.2) is 17.7 Å². The molecule has 0 fully saturated rings. The van der Waals surface area contributed by atoms with E-state index in [0.29, 0.717) is 24.6 Å².